The van der Waals surface area contributed by atoms with Crippen LogP contribution >= 0.6 is 0 Å². The van der Waals surface area contributed by atoms with Crippen molar-refractivity contribution in [3.8, 4) is 0 Å². The van der Waals surface area contributed by atoms with Crippen LogP contribution in [0.2, 0.25) is 0 Å². The number of nitrogens with zero attached hydrogens (tertiary/aromatic N) is 2. The summed E-state index contributed by atoms with van der Waals surface area (Å²) in [5.74, 6) is 0.680. The van der Waals surface area contributed by atoms with Crippen molar-refractivity contribution in [2.45, 2.75) is 20.0 Å². The zero-order chi connectivity index (χ0) is 12.8. The van der Waals surface area contributed by atoms with Crippen LogP contribution in [0.5, 0.6) is 0 Å². The van der Waals surface area contributed by atoms with Crippen molar-refractivity contribution in [3.05, 3.63) is 18.3 Å². The molecule has 0 aliphatic heterocycles. The number of hydrogen-bond acceptors (Lipinski definition) is 4. The van der Waals surface area contributed by atoms with Crippen LogP contribution in [-0.4, -0.2) is 37.7 Å². The molecule has 0 saturated carbocycles. The number of carbonyl (C=O) groups excluding carboxylic acids is 1. The average molecular weight is 237 g/mol. The van der Waals surface area contributed by atoms with E-state index in [0.29, 0.717) is 5.69 Å². The lowest BCUT2D eigenvalue weighted by Crippen LogP contribution is -2.20. The predicted octanol–water partition coefficient (Wildman–Crippen LogP) is 1.51. The molecule has 0 spiro atoms. The Hall–Kier alpha value is -1.62. The molecular weight excluding hydrogens is 218 g/mol. The van der Waals surface area contributed by atoms with E-state index in [1.165, 1.54) is 0 Å². The Morgan fingerprint density at radius 2 is 2.18 bits per heavy atom. The second-order valence-electron chi connectivity index (χ2n) is 4.21. The molecule has 94 valence electrons. The molecular formula is C12H19N3O2. The molecule has 17 heavy (non-hydrogen) atoms. The number of nitrogens with one attached hydrogen (secondary N) is 1. The van der Waals surface area contributed by atoms with Crippen LogP contribution in [0, 0.1) is 0 Å². The number of rotatable bonds is 5. The first-order chi connectivity index (χ1) is 7.99. The molecule has 1 rings (SSSR count). The van der Waals surface area contributed by atoms with Crippen molar-refractivity contribution in [2.75, 3.05) is 30.9 Å². The number of ether oxygens (including phenoxy) is 1. The minimum Gasteiger partial charge on any atom is -0.369 e. The van der Waals surface area contributed by atoms with Gasteiger partial charge in [0.05, 0.1) is 18.0 Å². The van der Waals surface area contributed by atoms with E-state index in [1.54, 1.807) is 6.20 Å². The Balaban J connectivity index is 2.48. The molecule has 0 aliphatic rings. The van der Waals surface area contributed by atoms with Crippen LogP contribution in [0.25, 0.3) is 0 Å². The van der Waals surface area contributed by atoms with Crippen molar-refractivity contribution < 1.29 is 9.53 Å². The zero-order valence-corrected chi connectivity index (χ0v) is 10.7. The van der Waals surface area contributed by atoms with Gasteiger partial charge in [-0.15, -0.1) is 0 Å². The zero-order valence-electron chi connectivity index (χ0n) is 10.7. The SMILES string of the molecule is CC(C)OCC(=O)Nc1ccc(N(C)C)nc1. The van der Waals surface area contributed by atoms with Crippen LogP contribution in [0.4, 0.5) is 11.5 Å². The van der Waals surface area contributed by atoms with Gasteiger partial charge in [0.2, 0.25) is 5.91 Å². The second-order valence-corrected chi connectivity index (χ2v) is 4.21. The highest BCUT2D eigenvalue weighted by atomic mass is 16.5. The maximum absolute atomic E-state index is 11.5. The van der Waals surface area contributed by atoms with Gasteiger partial charge in [-0.25, -0.2) is 4.98 Å². The summed E-state index contributed by atoms with van der Waals surface area (Å²) in [6, 6.07) is 3.66. The van der Waals surface area contributed by atoms with Gasteiger partial charge in [0.1, 0.15) is 12.4 Å². The highest BCUT2D eigenvalue weighted by molar-refractivity contribution is 5.91. The van der Waals surface area contributed by atoms with Crippen molar-refractivity contribution in [3.63, 3.8) is 0 Å². The molecule has 0 atom stereocenters. The summed E-state index contributed by atoms with van der Waals surface area (Å²) in [6.07, 6.45) is 1.68. The van der Waals surface area contributed by atoms with Gasteiger partial charge < -0.3 is 15.0 Å². The molecule has 0 radical (unpaired) electrons. The number of amides is 1. The fourth-order valence-electron chi connectivity index (χ4n) is 1.16. The van der Waals surface area contributed by atoms with Gasteiger partial charge in [0.25, 0.3) is 0 Å². The minimum absolute atomic E-state index is 0.0509. The fraction of sp³-hybridized carbons (Fsp3) is 0.500. The molecule has 1 aromatic heterocycles. The highest BCUT2D eigenvalue weighted by Crippen LogP contribution is 2.11. The third-order valence-electron chi connectivity index (χ3n) is 2.04. The van der Waals surface area contributed by atoms with Crippen LogP contribution in [-0.2, 0) is 9.53 Å². The molecule has 0 fully saturated rings. The standard InChI is InChI=1S/C12H19N3O2/c1-9(2)17-8-12(16)14-10-5-6-11(13-7-10)15(3)4/h5-7,9H,8H2,1-4H3,(H,14,16). The van der Waals surface area contributed by atoms with Crippen molar-refractivity contribution in [2.24, 2.45) is 0 Å². The van der Waals surface area contributed by atoms with E-state index in [0.717, 1.165) is 5.82 Å². The summed E-state index contributed by atoms with van der Waals surface area (Å²) in [4.78, 5) is 17.6. The monoisotopic (exact) mass is 237 g/mol. The Kier molecular flexibility index (Phi) is 4.90. The van der Waals surface area contributed by atoms with Crippen LogP contribution in [0.1, 0.15) is 13.8 Å². The molecule has 1 N–H and O–H groups in total. The van der Waals surface area contributed by atoms with Crippen molar-refractivity contribution in [1.29, 1.82) is 0 Å². The fourth-order valence-corrected chi connectivity index (χ4v) is 1.16. The molecule has 5 nitrogen and oxygen atoms in total. The van der Waals surface area contributed by atoms with Crippen LogP contribution in [0.15, 0.2) is 18.3 Å². The summed E-state index contributed by atoms with van der Waals surface area (Å²) in [5, 5.41) is 2.72. The molecule has 0 aliphatic carbocycles. The quantitative estimate of drug-likeness (QED) is 0.843. The largest absolute Gasteiger partial charge is 0.369 e. The number of aromatic nitrogens is 1. The predicted molar refractivity (Wildman–Crippen MR) is 68.3 cm³/mol. The van der Waals surface area contributed by atoms with Gasteiger partial charge in [0.15, 0.2) is 0 Å². The Morgan fingerprint density at radius 1 is 1.47 bits per heavy atom. The molecule has 0 saturated heterocycles. The third kappa shape index (κ3) is 4.82. The van der Waals surface area contributed by atoms with Crippen LogP contribution in [0.3, 0.4) is 0 Å². The Morgan fingerprint density at radius 3 is 2.65 bits per heavy atom. The molecule has 0 aromatic carbocycles. The Labute approximate surface area is 102 Å². The molecule has 0 bridgehead atoms. The molecule has 1 heterocycles. The normalized spacial score (nSPS) is 10.4. The van der Waals surface area contributed by atoms with Crippen molar-refractivity contribution >= 4 is 17.4 Å². The smallest absolute Gasteiger partial charge is 0.250 e. The summed E-state index contributed by atoms with van der Waals surface area (Å²) in [5.41, 5.74) is 0.674. The number of hydrogen-bond donors (Lipinski definition) is 1. The average Bonchev–Trinajstić information content (AvgIpc) is 2.27. The third-order valence-corrected chi connectivity index (χ3v) is 2.04. The van der Waals surface area contributed by atoms with Gasteiger partial charge >= 0.3 is 0 Å². The maximum atomic E-state index is 11.5. The summed E-state index contributed by atoms with van der Waals surface area (Å²) in [6.45, 7) is 3.84. The summed E-state index contributed by atoms with van der Waals surface area (Å²) >= 11 is 0. The summed E-state index contributed by atoms with van der Waals surface area (Å²) < 4.78 is 5.20. The van der Waals surface area contributed by atoms with Crippen LogP contribution < -0.4 is 10.2 Å². The molecule has 5 heteroatoms. The minimum atomic E-state index is -0.168. The van der Waals surface area contributed by atoms with Gasteiger partial charge in [-0.1, -0.05) is 0 Å². The van der Waals surface area contributed by atoms with Gasteiger partial charge in [-0.05, 0) is 26.0 Å². The number of anilines is 2. The lowest BCUT2D eigenvalue weighted by molar-refractivity contribution is -0.121. The first-order valence-corrected chi connectivity index (χ1v) is 5.54. The van der Waals surface area contributed by atoms with Gasteiger partial charge in [-0.3, -0.25) is 4.79 Å². The maximum Gasteiger partial charge on any atom is 0.250 e. The molecule has 1 aromatic rings. The highest BCUT2D eigenvalue weighted by Gasteiger charge is 2.04. The van der Waals surface area contributed by atoms with E-state index in [2.05, 4.69) is 10.3 Å². The van der Waals surface area contributed by atoms with E-state index in [-0.39, 0.29) is 18.6 Å². The summed E-state index contributed by atoms with van der Waals surface area (Å²) in [7, 11) is 3.83. The van der Waals surface area contributed by atoms with E-state index in [9.17, 15) is 4.79 Å². The van der Waals surface area contributed by atoms with E-state index in [1.807, 2.05) is 45.0 Å². The second kappa shape index (κ2) is 6.20. The lowest BCUT2D eigenvalue weighted by Gasteiger charge is -2.12. The van der Waals surface area contributed by atoms with Gasteiger partial charge in [0, 0.05) is 14.1 Å². The molecule has 1 amide bonds. The first-order valence-electron chi connectivity index (χ1n) is 5.54. The van der Waals surface area contributed by atoms with E-state index >= 15 is 0 Å². The first kappa shape index (κ1) is 13.4. The van der Waals surface area contributed by atoms with E-state index in [4.69, 9.17) is 4.74 Å². The number of carbonyl (C=O) groups is 1. The van der Waals surface area contributed by atoms with Gasteiger partial charge in [-0.2, -0.15) is 0 Å². The van der Waals surface area contributed by atoms with E-state index < -0.39 is 0 Å². The van der Waals surface area contributed by atoms with Crippen molar-refractivity contribution in [1.82, 2.24) is 4.98 Å². The Bertz CT molecular complexity index is 361. The number of pyridine rings is 1. The topological polar surface area (TPSA) is 54.5 Å². The lowest BCUT2D eigenvalue weighted by atomic mass is 10.4. The molecule has 0 unspecified atom stereocenters.